The van der Waals surface area contributed by atoms with Gasteiger partial charge < -0.3 is 14.5 Å². The van der Waals surface area contributed by atoms with Gasteiger partial charge >= 0.3 is 6.09 Å². The van der Waals surface area contributed by atoms with E-state index in [1.165, 1.54) is 12.1 Å². The molecular formula is C21H25F2N3O2. The molecule has 1 aliphatic heterocycles. The van der Waals surface area contributed by atoms with Crippen LogP contribution in [0.25, 0.3) is 0 Å². The fourth-order valence-corrected chi connectivity index (χ4v) is 3.17. The second-order valence-corrected chi connectivity index (χ2v) is 7.96. The van der Waals surface area contributed by atoms with Crippen LogP contribution in [0.5, 0.6) is 0 Å². The second-order valence-electron chi connectivity index (χ2n) is 7.96. The fourth-order valence-electron chi connectivity index (χ4n) is 3.17. The Morgan fingerprint density at radius 3 is 2.25 bits per heavy atom. The molecule has 3 rings (SSSR count). The van der Waals surface area contributed by atoms with Crippen molar-refractivity contribution in [2.45, 2.75) is 32.8 Å². The molecule has 0 radical (unpaired) electrons. The number of hydrogen-bond acceptors (Lipinski definition) is 4. The lowest BCUT2D eigenvalue weighted by molar-refractivity contribution is 0.0240. The van der Waals surface area contributed by atoms with E-state index in [1.54, 1.807) is 17.3 Å². The number of nitrogens with zero attached hydrogens (tertiary/aromatic N) is 3. The van der Waals surface area contributed by atoms with Crippen molar-refractivity contribution in [3.63, 3.8) is 0 Å². The van der Waals surface area contributed by atoms with Crippen LogP contribution in [0.2, 0.25) is 0 Å². The lowest BCUT2D eigenvalue weighted by atomic mass is 10.1. The van der Waals surface area contributed by atoms with Crippen LogP contribution in [0.15, 0.2) is 36.7 Å². The summed E-state index contributed by atoms with van der Waals surface area (Å²) in [5.74, 6) is -1.17. The minimum atomic E-state index is -0.586. The Hall–Kier alpha value is -2.70. The molecule has 150 valence electrons. The van der Waals surface area contributed by atoms with Crippen molar-refractivity contribution < 1.29 is 18.3 Å². The molecular weight excluding hydrogens is 364 g/mol. The van der Waals surface area contributed by atoms with E-state index in [1.807, 2.05) is 26.8 Å². The van der Waals surface area contributed by atoms with Crippen molar-refractivity contribution in [1.82, 2.24) is 9.88 Å². The molecule has 1 aromatic carbocycles. The first-order valence-electron chi connectivity index (χ1n) is 9.31. The van der Waals surface area contributed by atoms with Crippen LogP contribution in [-0.2, 0) is 11.2 Å². The zero-order valence-corrected chi connectivity index (χ0v) is 16.4. The highest BCUT2D eigenvalue weighted by atomic mass is 19.1. The standard InChI is InChI=1S/C21H25F2N3O2/c1-21(2,3)28-20(27)26-6-4-25(5-7-26)19-11-16(13-24-14-19)8-15-9-17(22)12-18(23)10-15/h9-14H,4-8H2,1-3H3. The van der Waals surface area contributed by atoms with Crippen molar-refractivity contribution in [2.24, 2.45) is 0 Å². The smallest absolute Gasteiger partial charge is 0.410 e. The van der Waals surface area contributed by atoms with E-state index in [9.17, 15) is 13.6 Å². The van der Waals surface area contributed by atoms with Gasteiger partial charge in [0.15, 0.2) is 0 Å². The van der Waals surface area contributed by atoms with Gasteiger partial charge in [-0.05, 0) is 56.5 Å². The van der Waals surface area contributed by atoms with Gasteiger partial charge in [0.25, 0.3) is 0 Å². The van der Waals surface area contributed by atoms with Crippen LogP contribution in [0.1, 0.15) is 31.9 Å². The zero-order chi connectivity index (χ0) is 20.3. The van der Waals surface area contributed by atoms with Crippen molar-refractivity contribution >= 4 is 11.8 Å². The Labute approximate surface area is 163 Å². The highest BCUT2D eigenvalue weighted by Crippen LogP contribution is 2.20. The maximum absolute atomic E-state index is 13.4. The summed E-state index contributed by atoms with van der Waals surface area (Å²) in [5.41, 5.74) is 1.85. The van der Waals surface area contributed by atoms with Gasteiger partial charge in [-0.2, -0.15) is 0 Å². The van der Waals surface area contributed by atoms with Gasteiger partial charge in [-0.3, -0.25) is 4.98 Å². The summed E-state index contributed by atoms with van der Waals surface area (Å²) in [6.07, 6.45) is 3.56. The van der Waals surface area contributed by atoms with E-state index < -0.39 is 17.2 Å². The van der Waals surface area contributed by atoms with Gasteiger partial charge in [0.05, 0.1) is 11.9 Å². The molecule has 2 heterocycles. The van der Waals surface area contributed by atoms with E-state index in [0.29, 0.717) is 38.2 Å². The summed E-state index contributed by atoms with van der Waals surface area (Å²) in [5, 5.41) is 0. The van der Waals surface area contributed by atoms with Crippen LogP contribution < -0.4 is 4.90 Å². The Morgan fingerprint density at radius 2 is 1.64 bits per heavy atom. The lowest BCUT2D eigenvalue weighted by Gasteiger charge is -2.36. The first-order chi connectivity index (χ1) is 13.2. The number of aromatic nitrogens is 1. The minimum Gasteiger partial charge on any atom is -0.444 e. The van der Waals surface area contributed by atoms with Crippen molar-refractivity contribution in [3.8, 4) is 0 Å². The number of amides is 1. The third-order valence-corrected chi connectivity index (χ3v) is 4.41. The normalized spacial score (nSPS) is 14.9. The summed E-state index contributed by atoms with van der Waals surface area (Å²) in [6, 6.07) is 5.49. The van der Waals surface area contributed by atoms with Crippen LogP contribution >= 0.6 is 0 Å². The van der Waals surface area contributed by atoms with E-state index in [0.717, 1.165) is 17.3 Å². The van der Waals surface area contributed by atoms with Crippen LogP contribution in [0, 0.1) is 11.6 Å². The maximum atomic E-state index is 13.4. The van der Waals surface area contributed by atoms with E-state index in [-0.39, 0.29) is 6.09 Å². The summed E-state index contributed by atoms with van der Waals surface area (Å²) in [7, 11) is 0. The topological polar surface area (TPSA) is 45.7 Å². The molecule has 1 aliphatic rings. The molecule has 0 saturated carbocycles. The number of hydrogen-bond donors (Lipinski definition) is 0. The van der Waals surface area contributed by atoms with Gasteiger partial charge in [-0.1, -0.05) is 0 Å². The predicted molar refractivity (Wildman–Crippen MR) is 103 cm³/mol. The average Bonchev–Trinajstić information content (AvgIpc) is 2.60. The van der Waals surface area contributed by atoms with Crippen molar-refractivity contribution in [2.75, 3.05) is 31.1 Å². The third-order valence-electron chi connectivity index (χ3n) is 4.41. The Balaban J connectivity index is 1.63. The molecule has 7 heteroatoms. The van der Waals surface area contributed by atoms with E-state index in [4.69, 9.17) is 4.74 Å². The Bertz CT molecular complexity index is 824. The minimum absolute atomic E-state index is 0.299. The Kier molecular flexibility index (Phi) is 5.82. The predicted octanol–water partition coefficient (Wildman–Crippen LogP) is 4.01. The largest absolute Gasteiger partial charge is 0.444 e. The number of pyridine rings is 1. The van der Waals surface area contributed by atoms with Crippen LogP contribution in [0.3, 0.4) is 0 Å². The first kappa shape index (κ1) is 20.0. The molecule has 28 heavy (non-hydrogen) atoms. The molecule has 0 unspecified atom stereocenters. The van der Waals surface area contributed by atoms with Crippen LogP contribution in [-0.4, -0.2) is 47.8 Å². The zero-order valence-electron chi connectivity index (χ0n) is 16.4. The van der Waals surface area contributed by atoms with Gasteiger partial charge in [0, 0.05) is 38.4 Å². The number of carbonyl (C=O) groups excluding carboxylic acids is 1. The number of halogens is 2. The number of piperazine rings is 1. The van der Waals surface area contributed by atoms with Gasteiger partial charge in [-0.15, -0.1) is 0 Å². The molecule has 0 aliphatic carbocycles. The quantitative estimate of drug-likeness (QED) is 0.796. The molecule has 0 spiro atoms. The lowest BCUT2D eigenvalue weighted by Crippen LogP contribution is -2.50. The molecule has 1 fully saturated rings. The molecule has 0 atom stereocenters. The first-order valence-corrected chi connectivity index (χ1v) is 9.31. The molecule has 2 aromatic rings. The number of benzene rings is 1. The number of anilines is 1. The highest BCUT2D eigenvalue weighted by Gasteiger charge is 2.26. The monoisotopic (exact) mass is 389 g/mol. The molecule has 1 aromatic heterocycles. The Morgan fingerprint density at radius 1 is 1.00 bits per heavy atom. The van der Waals surface area contributed by atoms with Crippen molar-refractivity contribution in [3.05, 3.63) is 59.4 Å². The summed E-state index contributed by atoms with van der Waals surface area (Å²) >= 11 is 0. The summed E-state index contributed by atoms with van der Waals surface area (Å²) in [6.45, 7) is 8.01. The summed E-state index contributed by atoms with van der Waals surface area (Å²) < 4.78 is 32.2. The van der Waals surface area contributed by atoms with Gasteiger partial charge in [0.1, 0.15) is 17.2 Å². The second kappa shape index (κ2) is 8.12. The van der Waals surface area contributed by atoms with Gasteiger partial charge in [0.2, 0.25) is 0 Å². The molecule has 0 N–H and O–H groups in total. The SMILES string of the molecule is CC(C)(C)OC(=O)N1CCN(c2cncc(Cc3cc(F)cc(F)c3)c2)CC1. The van der Waals surface area contributed by atoms with Gasteiger partial charge in [-0.25, -0.2) is 13.6 Å². The fraction of sp³-hybridized carbons (Fsp3) is 0.429. The molecule has 1 amide bonds. The number of carbonyl (C=O) groups is 1. The van der Waals surface area contributed by atoms with E-state index >= 15 is 0 Å². The average molecular weight is 389 g/mol. The molecule has 0 bridgehead atoms. The number of rotatable bonds is 3. The highest BCUT2D eigenvalue weighted by molar-refractivity contribution is 5.68. The molecule has 1 saturated heterocycles. The van der Waals surface area contributed by atoms with Crippen molar-refractivity contribution in [1.29, 1.82) is 0 Å². The number of ether oxygens (including phenoxy) is 1. The molecule has 5 nitrogen and oxygen atoms in total. The van der Waals surface area contributed by atoms with Crippen LogP contribution in [0.4, 0.5) is 19.3 Å². The van der Waals surface area contributed by atoms with E-state index in [2.05, 4.69) is 9.88 Å². The summed E-state index contributed by atoms with van der Waals surface area (Å²) in [4.78, 5) is 20.3. The maximum Gasteiger partial charge on any atom is 0.410 e. The third kappa shape index (κ3) is 5.41.